The van der Waals surface area contributed by atoms with Crippen LogP contribution in [0.25, 0.3) is 77.0 Å². The van der Waals surface area contributed by atoms with Crippen LogP contribution in [-0.2, 0) is 6.42 Å². The highest BCUT2D eigenvalue weighted by Crippen LogP contribution is 2.35. The summed E-state index contributed by atoms with van der Waals surface area (Å²) < 4.78 is 0. The standard InChI is InChI=1S/C40H28N2/c1-2-33-35(39-23-17-29-14-12-26-8-6-7-11-34(26)40(29)42-39)20-16-27-13-15-31(25-36(27)33)30-18-21-38-32(24-30)19-22-37(41-38)28-9-4-3-5-10-28/h3-25H,2H2,1H3. The Morgan fingerprint density at radius 1 is 0.452 bits per heavy atom. The maximum absolute atomic E-state index is 5.23. The molecule has 0 aliphatic rings. The molecule has 0 fully saturated rings. The van der Waals surface area contributed by atoms with E-state index < -0.39 is 0 Å². The summed E-state index contributed by atoms with van der Waals surface area (Å²) in [5.41, 5.74) is 10.2. The first-order valence-electron chi connectivity index (χ1n) is 14.6. The molecule has 42 heavy (non-hydrogen) atoms. The van der Waals surface area contributed by atoms with E-state index in [1.54, 1.807) is 0 Å². The quantitative estimate of drug-likeness (QED) is 0.209. The van der Waals surface area contributed by atoms with E-state index in [-0.39, 0.29) is 0 Å². The SMILES string of the molecule is CCc1c(-c2ccc3ccc4ccccc4c3n2)ccc2ccc(-c3ccc4nc(-c5ccccc5)ccc4c3)cc12. The molecule has 0 saturated carbocycles. The summed E-state index contributed by atoms with van der Waals surface area (Å²) in [6.45, 7) is 2.24. The number of hydrogen-bond acceptors (Lipinski definition) is 2. The molecule has 198 valence electrons. The lowest BCUT2D eigenvalue weighted by Gasteiger charge is -2.14. The number of nitrogens with zero attached hydrogens (tertiary/aromatic N) is 2. The molecule has 0 saturated heterocycles. The summed E-state index contributed by atoms with van der Waals surface area (Å²) >= 11 is 0. The molecule has 8 aromatic rings. The van der Waals surface area contributed by atoms with Crippen LogP contribution in [0.2, 0.25) is 0 Å². The van der Waals surface area contributed by atoms with Crippen molar-refractivity contribution in [1.82, 2.24) is 9.97 Å². The Kier molecular flexibility index (Phi) is 5.79. The first kappa shape index (κ1) is 24.5. The van der Waals surface area contributed by atoms with Crippen molar-refractivity contribution < 1.29 is 0 Å². The van der Waals surface area contributed by atoms with Crippen molar-refractivity contribution in [3.05, 3.63) is 145 Å². The van der Waals surface area contributed by atoms with Gasteiger partial charge < -0.3 is 0 Å². The van der Waals surface area contributed by atoms with E-state index in [0.29, 0.717) is 0 Å². The molecular weight excluding hydrogens is 508 g/mol. The van der Waals surface area contributed by atoms with Crippen molar-refractivity contribution in [1.29, 1.82) is 0 Å². The van der Waals surface area contributed by atoms with Crippen LogP contribution in [0.5, 0.6) is 0 Å². The van der Waals surface area contributed by atoms with Crippen molar-refractivity contribution >= 4 is 43.4 Å². The van der Waals surface area contributed by atoms with Gasteiger partial charge in [0.2, 0.25) is 0 Å². The van der Waals surface area contributed by atoms with Gasteiger partial charge in [-0.3, -0.25) is 0 Å². The topological polar surface area (TPSA) is 25.8 Å². The third-order valence-electron chi connectivity index (χ3n) is 8.44. The van der Waals surface area contributed by atoms with E-state index in [1.165, 1.54) is 49.2 Å². The maximum atomic E-state index is 5.23. The monoisotopic (exact) mass is 536 g/mol. The minimum Gasteiger partial charge on any atom is -0.248 e. The smallest absolute Gasteiger partial charge is 0.0787 e. The molecule has 6 aromatic carbocycles. The number of hydrogen-bond donors (Lipinski definition) is 0. The van der Waals surface area contributed by atoms with Crippen molar-refractivity contribution in [2.45, 2.75) is 13.3 Å². The summed E-state index contributed by atoms with van der Waals surface area (Å²) in [5, 5.41) is 7.25. The molecule has 0 amide bonds. The molecule has 2 heterocycles. The average molecular weight is 537 g/mol. The minimum absolute atomic E-state index is 0.926. The van der Waals surface area contributed by atoms with Gasteiger partial charge in [0.1, 0.15) is 0 Å². The molecule has 8 rings (SSSR count). The van der Waals surface area contributed by atoms with E-state index in [0.717, 1.165) is 39.8 Å². The molecule has 0 spiro atoms. The normalized spacial score (nSPS) is 11.5. The second-order valence-corrected chi connectivity index (χ2v) is 10.9. The van der Waals surface area contributed by atoms with Gasteiger partial charge in [-0.15, -0.1) is 0 Å². The summed E-state index contributed by atoms with van der Waals surface area (Å²) in [4.78, 5) is 10.2. The van der Waals surface area contributed by atoms with Crippen LogP contribution in [0.4, 0.5) is 0 Å². The van der Waals surface area contributed by atoms with Crippen LogP contribution in [0.1, 0.15) is 12.5 Å². The molecule has 0 N–H and O–H groups in total. The largest absolute Gasteiger partial charge is 0.248 e. The molecule has 2 heteroatoms. The van der Waals surface area contributed by atoms with Crippen LogP contribution < -0.4 is 0 Å². The van der Waals surface area contributed by atoms with Crippen LogP contribution in [0.15, 0.2) is 140 Å². The molecule has 0 aliphatic carbocycles. The van der Waals surface area contributed by atoms with E-state index in [9.17, 15) is 0 Å². The Balaban J connectivity index is 1.23. The van der Waals surface area contributed by atoms with Gasteiger partial charge in [-0.25, -0.2) is 9.97 Å². The van der Waals surface area contributed by atoms with Crippen LogP contribution in [0, 0.1) is 0 Å². The van der Waals surface area contributed by atoms with Gasteiger partial charge in [0, 0.05) is 27.3 Å². The molecular formula is C40H28N2. The van der Waals surface area contributed by atoms with Crippen molar-refractivity contribution in [3.8, 4) is 33.6 Å². The van der Waals surface area contributed by atoms with Gasteiger partial charge in [-0.05, 0) is 69.6 Å². The first-order valence-corrected chi connectivity index (χ1v) is 14.6. The van der Waals surface area contributed by atoms with Crippen LogP contribution in [-0.4, -0.2) is 9.97 Å². The Hall–Kier alpha value is -5.34. The number of pyridine rings is 2. The predicted octanol–water partition coefficient (Wildman–Crippen LogP) is 10.7. The van der Waals surface area contributed by atoms with E-state index in [4.69, 9.17) is 9.97 Å². The molecule has 0 bridgehead atoms. The second kappa shape index (κ2) is 9.94. The second-order valence-electron chi connectivity index (χ2n) is 10.9. The van der Waals surface area contributed by atoms with Crippen molar-refractivity contribution in [2.75, 3.05) is 0 Å². The van der Waals surface area contributed by atoms with E-state index in [1.807, 2.05) is 6.07 Å². The van der Waals surface area contributed by atoms with Gasteiger partial charge in [0.15, 0.2) is 0 Å². The third kappa shape index (κ3) is 4.12. The lowest BCUT2D eigenvalue weighted by atomic mass is 9.92. The Bertz CT molecular complexity index is 2280. The summed E-state index contributed by atoms with van der Waals surface area (Å²) in [6.07, 6.45) is 0.926. The third-order valence-corrected chi connectivity index (χ3v) is 8.44. The van der Waals surface area contributed by atoms with Gasteiger partial charge in [-0.1, -0.05) is 116 Å². The fourth-order valence-electron chi connectivity index (χ4n) is 6.26. The highest BCUT2D eigenvalue weighted by molar-refractivity contribution is 6.06. The Morgan fingerprint density at radius 2 is 1.12 bits per heavy atom. The predicted molar refractivity (Wildman–Crippen MR) is 178 cm³/mol. The van der Waals surface area contributed by atoms with Crippen LogP contribution in [0.3, 0.4) is 0 Å². The fraction of sp³-hybridized carbons (Fsp3) is 0.0500. The lowest BCUT2D eigenvalue weighted by Crippen LogP contribution is -1.94. The van der Waals surface area contributed by atoms with Crippen molar-refractivity contribution in [3.63, 3.8) is 0 Å². The molecule has 0 unspecified atom stereocenters. The molecule has 2 aromatic heterocycles. The highest BCUT2D eigenvalue weighted by atomic mass is 14.7. The van der Waals surface area contributed by atoms with Crippen LogP contribution >= 0.6 is 0 Å². The molecule has 0 atom stereocenters. The van der Waals surface area contributed by atoms with Gasteiger partial charge in [0.05, 0.1) is 22.4 Å². The zero-order valence-corrected chi connectivity index (χ0v) is 23.4. The average Bonchev–Trinajstić information content (AvgIpc) is 3.07. The summed E-state index contributed by atoms with van der Waals surface area (Å²) in [7, 11) is 0. The zero-order valence-electron chi connectivity index (χ0n) is 23.4. The molecule has 2 nitrogen and oxygen atoms in total. The van der Waals surface area contributed by atoms with Gasteiger partial charge in [-0.2, -0.15) is 0 Å². The molecule has 0 radical (unpaired) electrons. The minimum atomic E-state index is 0.926. The highest BCUT2D eigenvalue weighted by Gasteiger charge is 2.13. The van der Waals surface area contributed by atoms with E-state index >= 15 is 0 Å². The van der Waals surface area contributed by atoms with Gasteiger partial charge in [0.25, 0.3) is 0 Å². The Labute approximate surface area is 244 Å². The number of aromatic nitrogens is 2. The van der Waals surface area contributed by atoms with Gasteiger partial charge >= 0.3 is 0 Å². The van der Waals surface area contributed by atoms with E-state index in [2.05, 4.69) is 140 Å². The molecule has 0 aliphatic heterocycles. The van der Waals surface area contributed by atoms with Crippen molar-refractivity contribution in [2.24, 2.45) is 0 Å². The zero-order chi connectivity index (χ0) is 28.0. The maximum Gasteiger partial charge on any atom is 0.0787 e. The number of aryl methyl sites for hydroxylation is 1. The Morgan fingerprint density at radius 3 is 2.02 bits per heavy atom. The number of rotatable bonds is 4. The number of benzene rings is 6. The summed E-state index contributed by atoms with van der Waals surface area (Å²) in [5.74, 6) is 0. The fourth-order valence-corrected chi connectivity index (χ4v) is 6.26. The first-order chi connectivity index (χ1) is 20.7. The number of fused-ring (bicyclic) bond motifs is 5. The summed E-state index contributed by atoms with van der Waals surface area (Å²) in [6, 6.07) is 49.8. The lowest BCUT2D eigenvalue weighted by molar-refractivity contribution is 1.16.